The smallest absolute Gasteiger partial charge is 0.317 e. The van der Waals surface area contributed by atoms with E-state index in [-0.39, 0.29) is 23.7 Å². The van der Waals surface area contributed by atoms with Crippen LogP contribution in [0, 0.1) is 0 Å². The predicted octanol–water partition coefficient (Wildman–Crippen LogP) is 4.77. The van der Waals surface area contributed by atoms with E-state index in [0.717, 1.165) is 69.8 Å². The topological polar surface area (TPSA) is 53.6 Å². The zero-order valence-corrected chi connectivity index (χ0v) is 19.7. The van der Waals surface area contributed by atoms with Gasteiger partial charge in [0, 0.05) is 48.6 Å². The number of nitrogens with zero attached hydrogens (tertiary/aromatic N) is 1. The highest BCUT2D eigenvalue weighted by Crippen LogP contribution is 2.60. The van der Waals surface area contributed by atoms with E-state index in [0.29, 0.717) is 5.92 Å². The van der Waals surface area contributed by atoms with Gasteiger partial charge in [0.1, 0.15) is 6.23 Å². The molecule has 2 aromatic carbocycles. The number of piperidine rings is 1. The van der Waals surface area contributed by atoms with Crippen molar-refractivity contribution in [1.29, 1.82) is 0 Å². The lowest BCUT2D eigenvalue weighted by molar-refractivity contribution is 0.00196. The summed E-state index contributed by atoms with van der Waals surface area (Å²) in [6.07, 6.45) is 6.06. The number of carbonyl (C=O) groups excluding carboxylic acids is 1. The van der Waals surface area contributed by atoms with Crippen LogP contribution in [0.5, 0.6) is 0 Å². The summed E-state index contributed by atoms with van der Waals surface area (Å²) in [6.45, 7) is 3.75. The largest absolute Gasteiger partial charge is 0.358 e. The molecule has 3 atom stereocenters. The summed E-state index contributed by atoms with van der Waals surface area (Å²) in [5.74, 6) is 0.485. The maximum absolute atomic E-state index is 12.4. The number of likely N-dealkylation sites (tertiary alicyclic amines) is 1. The Balaban J connectivity index is 1.12. The number of hydrogen-bond acceptors (Lipinski definition) is 3. The van der Waals surface area contributed by atoms with E-state index in [1.54, 1.807) is 0 Å². The number of halogens is 1. The summed E-state index contributed by atoms with van der Waals surface area (Å²) in [6, 6.07) is 15.6. The van der Waals surface area contributed by atoms with E-state index >= 15 is 0 Å². The summed E-state index contributed by atoms with van der Waals surface area (Å²) in [5.41, 5.74) is 5.88. The summed E-state index contributed by atoms with van der Waals surface area (Å²) in [5, 5.41) is 6.99. The van der Waals surface area contributed by atoms with Gasteiger partial charge in [-0.1, -0.05) is 41.9 Å². The molecule has 2 fully saturated rings. The van der Waals surface area contributed by atoms with Gasteiger partial charge >= 0.3 is 6.03 Å². The molecule has 33 heavy (non-hydrogen) atoms. The number of amides is 2. The van der Waals surface area contributed by atoms with Crippen molar-refractivity contribution < 1.29 is 9.53 Å². The van der Waals surface area contributed by atoms with Crippen molar-refractivity contribution >= 4 is 17.6 Å². The van der Waals surface area contributed by atoms with Crippen molar-refractivity contribution in [3.63, 3.8) is 0 Å². The summed E-state index contributed by atoms with van der Waals surface area (Å²) < 4.78 is 5.63. The van der Waals surface area contributed by atoms with Crippen LogP contribution in [0.3, 0.4) is 0 Å². The molecule has 2 heterocycles. The highest BCUT2D eigenvalue weighted by atomic mass is 35.5. The molecule has 4 aliphatic rings. The highest BCUT2D eigenvalue weighted by Gasteiger charge is 2.53. The second-order valence-corrected chi connectivity index (χ2v) is 10.6. The lowest BCUT2D eigenvalue weighted by Gasteiger charge is -2.40. The average Bonchev–Trinajstić information content (AvgIpc) is 3.32. The zero-order chi connectivity index (χ0) is 22.4. The van der Waals surface area contributed by atoms with E-state index in [1.807, 2.05) is 6.07 Å². The predicted molar refractivity (Wildman–Crippen MR) is 130 cm³/mol. The van der Waals surface area contributed by atoms with Crippen molar-refractivity contribution in [3.8, 4) is 0 Å². The van der Waals surface area contributed by atoms with E-state index in [9.17, 15) is 4.79 Å². The van der Waals surface area contributed by atoms with Crippen molar-refractivity contribution in [3.05, 3.63) is 69.7 Å². The first-order valence-electron chi connectivity index (χ1n) is 12.4. The quantitative estimate of drug-likeness (QED) is 0.684. The average molecular weight is 466 g/mol. The Bertz CT molecular complexity index is 1050. The van der Waals surface area contributed by atoms with E-state index in [4.69, 9.17) is 16.3 Å². The first-order chi connectivity index (χ1) is 16.1. The number of urea groups is 1. The number of carbonyl (C=O) groups is 1. The molecular weight excluding hydrogens is 434 g/mol. The third kappa shape index (κ3) is 3.84. The Labute approximate surface area is 200 Å². The fraction of sp³-hybridized carbons (Fsp3) is 0.519. The van der Waals surface area contributed by atoms with Gasteiger partial charge < -0.3 is 20.3 Å². The van der Waals surface area contributed by atoms with Crippen LogP contribution in [-0.2, 0) is 10.2 Å². The van der Waals surface area contributed by atoms with Gasteiger partial charge in [0.15, 0.2) is 0 Å². The van der Waals surface area contributed by atoms with Crippen LogP contribution >= 0.6 is 11.6 Å². The molecule has 0 aromatic heterocycles. The van der Waals surface area contributed by atoms with Crippen molar-refractivity contribution in [2.24, 2.45) is 0 Å². The van der Waals surface area contributed by atoms with Crippen molar-refractivity contribution in [2.75, 3.05) is 26.2 Å². The molecule has 3 unspecified atom stereocenters. The molecule has 2 bridgehead atoms. The number of ether oxygens (including phenoxy) is 1. The van der Waals surface area contributed by atoms with Crippen molar-refractivity contribution in [1.82, 2.24) is 15.5 Å². The van der Waals surface area contributed by atoms with E-state index in [1.165, 1.54) is 22.3 Å². The molecule has 2 amide bonds. The van der Waals surface area contributed by atoms with Gasteiger partial charge in [0.05, 0.1) is 0 Å². The standard InChI is InChI=1S/C27H32ClN3O2/c28-18-8-9-21-22-16-27(24(21)15-18,23-6-2-1-5-20(22)23)17-31-12-10-19(11-13-31)29-26(32)30-25-7-3-4-14-33-25/h1-2,5-6,8-9,15,19,22,25H,3-4,7,10-14,16-17H2,(H2,29,30,32). The minimum atomic E-state index is -0.137. The maximum atomic E-state index is 12.4. The van der Waals surface area contributed by atoms with Crippen LogP contribution in [0.1, 0.15) is 66.7 Å². The molecule has 2 saturated heterocycles. The van der Waals surface area contributed by atoms with Crippen LogP contribution < -0.4 is 10.6 Å². The Hall–Kier alpha value is -2.08. The SMILES string of the molecule is O=C(NC1CCN(CC23CC(c4ccccc42)c2ccc(Cl)cc23)CC1)NC1CCCCO1. The number of fused-ring (bicyclic) bond motifs is 8. The summed E-state index contributed by atoms with van der Waals surface area (Å²) >= 11 is 6.46. The molecule has 2 aliphatic heterocycles. The number of hydrogen-bond donors (Lipinski definition) is 2. The van der Waals surface area contributed by atoms with E-state index < -0.39 is 0 Å². The highest BCUT2D eigenvalue weighted by molar-refractivity contribution is 6.30. The molecule has 0 saturated carbocycles. The third-order valence-corrected chi connectivity index (χ3v) is 8.43. The molecule has 2 aromatic rings. The first-order valence-corrected chi connectivity index (χ1v) is 12.8. The monoisotopic (exact) mass is 465 g/mol. The zero-order valence-electron chi connectivity index (χ0n) is 19.0. The normalized spacial score (nSPS) is 28.9. The Morgan fingerprint density at radius 3 is 2.67 bits per heavy atom. The summed E-state index contributed by atoms with van der Waals surface area (Å²) in [4.78, 5) is 15.0. The van der Waals surface area contributed by atoms with Crippen LogP contribution in [0.15, 0.2) is 42.5 Å². The fourth-order valence-electron chi connectivity index (χ4n) is 6.66. The minimum Gasteiger partial charge on any atom is -0.358 e. The van der Waals surface area contributed by atoms with Crippen molar-refractivity contribution in [2.45, 2.75) is 62.1 Å². The minimum absolute atomic E-state index is 0.0253. The van der Waals surface area contributed by atoms with Crippen LogP contribution in [-0.4, -0.2) is 49.4 Å². The second-order valence-electron chi connectivity index (χ2n) is 10.2. The molecular formula is C27H32ClN3O2. The first kappa shape index (κ1) is 21.5. The molecule has 0 spiro atoms. The maximum Gasteiger partial charge on any atom is 0.317 e. The van der Waals surface area contributed by atoms with Crippen LogP contribution in [0.2, 0.25) is 5.02 Å². The molecule has 174 valence electrons. The molecule has 2 N–H and O–H groups in total. The molecule has 0 radical (unpaired) electrons. The number of rotatable bonds is 4. The van der Waals surface area contributed by atoms with Crippen LogP contribution in [0.25, 0.3) is 0 Å². The third-order valence-electron chi connectivity index (χ3n) is 8.20. The number of benzene rings is 2. The summed E-state index contributed by atoms with van der Waals surface area (Å²) in [7, 11) is 0. The number of nitrogens with one attached hydrogen (secondary N) is 2. The van der Waals surface area contributed by atoms with E-state index in [2.05, 4.69) is 51.9 Å². The van der Waals surface area contributed by atoms with Crippen LogP contribution in [0.4, 0.5) is 4.79 Å². The van der Waals surface area contributed by atoms with Gasteiger partial charge in [-0.3, -0.25) is 0 Å². The van der Waals surface area contributed by atoms with Gasteiger partial charge in [0.25, 0.3) is 0 Å². The molecule has 2 aliphatic carbocycles. The Morgan fingerprint density at radius 2 is 1.85 bits per heavy atom. The second kappa shape index (κ2) is 8.61. The Morgan fingerprint density at radius 1 is 1.03 bits per heavy atom. The van der Waals surface area contributed by atoms with Gasteiger partial charge in [-0.2, -0.15) is 0 Å². The lowest BCUT2D eigenvalue weighted by atomic mass is 9.74. The molecule has 5 nitrogen and oxygen atoms in total. The van der Waals surface area contributed by atoms with Gasteiger partial charge in [-0.15, -0.1) is 0 Å². The molecule has 6 rings (SSSR count). The lowest BCUT2D eigenvalue weighted by Crippen LogP contribution is -2.52. The Kier molecular flexibility index (Phi) is 5.60. The van der Waals surface area contributed by atoms with Gasteiger partial charge in [-0.05, 0) is 72.9 Å². The molecule has 6 heteroatoms. The van der Waals surface area contributed by atoms with Gasteiger partial charge in [-0.25, -0.2) is 4.79 Å². The van der Waals surface area contributed by atoms with Gasteiger partial charge in [0.2, 0.25) is 0 Å². The fourth-order valence-corrected chi connectivity index (χ4v) is 6.84.